The number of nitrogens with zero attached hydrogens (tertiary/aromatic N) is 3. The predicted octanol–water partition coefficient (Wildman–Crippen LogP) is 3.93. The van der Waals surface area contributed by atoms with E-state index in [1.54, 1.807) is 0 Å². The fourth-order valence-electron chi connectivity index (χ4n) is 2.94. The number of nitrogens with one attached hydrogen (secondary N) is 1. The molecule has 0 aliphatic rings. The van der Waals surface area contributed by atoms with Crippen molar-refractivity contribution in [2.24, 2.45) is 0 Å². The van der Waals surface area contributed by atoms with Crippen molar-refractivity contribution in [1.29, 1.82) is 0 Å². The van der Waals surface area contributed by atoms with Gasteiger partial charge in [-0.15, -0.1) is 23.2 Å². The van der Waals surface area contributed by atoms with Crippen molar-refractivity contribution in [1.82, 2.24) is 9.29 Å². The minimum atomic E-state index is -3.81. The van der Waals surface area contributed by atoms with E-state index in [2.05, 4.69) is 10.3 Å². The van der Waals surface area contributed by atoms with Crippen LogP contribution in [0.3, 0.4) is 0 Å². The zero-order chi connectivity index (χ0) is 24.2. The van der Waals surface area contributed by atoms with E-state index in [1.165, 1.54) is 47.8 Å². The highest BCUT2D eigenvalue weighted by molar-refractivity contribution is 7.89. The van der Waals surface area contributed by atoms with Gasteiger partial charge in [-0.1, -0.05) is 11.3 Å². The average Bonchev–Trinajstić information content (AvgIpc) is 3.20. The zero-order valence-electron chi connectivity index (χ0n) is 17.2. The molecule has 0 aliphatic heterocycles. The first-order chi connectivity index (χ1) is 15.7. The second kappa shape index (κ2) is 10.6. The second-order valence-corrected chi connectivity index (χ2v) is 10.3. The van der Waals surface area contributed by atoms with Gasteiger partial charge < -0.3 is 4.74 Å². The van der Waals surface area contributed by atoms with E-state index in [0.29, 0.717) is 10.2 Å². The summed E-state index contributed by atoms with van der Waals surface area (Å²) in [4.78, 5) is 27.5. The first-order valence-electron chi connectivity index (χ1n) is 9.37. The molecule has 0 bridgehead atoms. The van der Waals surface area contributed by atoms with E-state index in [0.717, 1.165) is 11.3 Å². The summed E-state index contributed by atoms with van der Waals surface area (Å²) in [5.41, 5.74) is 0.422. The topological polar surface area (TPSA) is 132 Å². The molecule has 10 nitrogen and oxygen atoms in total. The molecule has 0 unspecified atom stereocenters. The molecule has 1 heterocycles. The molecule has 1 N–H and O–H groups in total. The summed E-state index contributed by atoms with van der Waals surface area (Å²) in [5.74, 6) is -0.0757. The van der Waals surface area contributed by atoms with Gasteiger partial charge in [-0.3, -0.25) is 20.2 Å². The molecule has 33 heavy (non-hydrogen) atoms. The summed E-state index contributed by atoms with van der Waals surface area (Å²) >= 11 is 12.4. The van der Waals surface area contributed by atoms with Crippen molar-refractivity contribution in [2.45, 2.75) is 4.90 Å². The Labute approximate surface area is 203 Å². The molecule has 3 aromatic rings. The maximum Gasteiger partial charge on any atom is 0.274 e. The number of alkyl halides is 2. The minimum Gasteiger partial charge on any atom is -0.494 e. The number of nitro benzene ring substituents is 1. The zero-order valence-corrected chi connectivity index (χ0v) is 20.3. The third kappa shape index (κ3) is 5.53. The second-order valence-electron chi connectivity index (χ2n) is 6.53. The van der Waals surface area contributed by atoms with Crippen molar-refractivity contribution in [3.63, 3.8) is 0 Å². The van der Waals surface area contributed by atoms with Crippen molar-refractivity contribution < 1.29 is 22.9 Å². The molecule has 2 aromatic carbocycles. The van der Waals surface area contributed by atoms with Gasteiger partial charge in [-0.05, 0) is 24.3 Å². The third-order valence-corrected chi connectivity index (χ3v) is 7.69. The highest BCUT2D eigenvalue weighted by Crippen LogP contribution is 2.36. The predicted molar refractivity (Wildman–Crippen MR) is 127 cm³/mol. The van der Waals surface area contributed by atoms with Gasteiger partial charge in [0.1, 0.15) is 5.52 Å². The number of halogens is 2. The van der Waals surface area contributed by atoms with Crippen molar-refractivity contribution in [2.75, 3.05) is 37.3 Å². The quantitative estimate of drug-likeness (QED) is 0.237. The molecule has 1 amide bonds. The molecule has 0 radical (unpaired) electrons. The van der Waals surface area contributed by atoms with Crippen molar-refractivity contribution in [3.8, 4) is 5.75 Å². The molecular weight excluding hydrogens is 515 g/mol. The molecule has 176 valence electrons. The number of anilines is 1. The Bertz CT molecular complexity index is 1280. The Morgan fingerprint density at radius 2 is 1.85 bits per heavy atom. The Kier molecular flexibility index (Phi) is 8.08. The van der Waals surface area contributed by atoms with Crippen molar-refractivity contribution in [3.05, 3.63) is 52.1 Å². The summed E-state index contributed by atoms with van der Waals surface area (Å²) in [5, 5.41) is 13.9. The first kappa shape index (κ1) is 25.1. The van der Waals surface area contributed by atoms with Crippen LogP contribution in [0.25, 0.3) is 10.2 Å². The van der Waals surface area contributed by atoms with Crippen molar-refractivity contribution >= 4 is 71.5 Å². The molecule has 14 heteroatoms. The lowest BCUT2D eigenvalue weighted by Gasteiger charge is -2.20. The van der Waals surface area contributed by atoms with E-state index in [1.807, 2.05) is 0 Å². The van der Waals surface area contributed by atoms with Crippen LogP contribution < -0.4 is 10.1 Å². The summed E-state index contributed by atoms with van der Waals surface area (Å²) in [6.45, 7) is 0.218. The Morgan fingerprint density at radius 3 is 2.39 bits per heavy atom. The summed E-state index contributed by atoms with van der Waals surface area (Å²) in [6, 6.07) is 8.00. The minimum absolute atomic E-state index is 0.00585. The Balaban J connectivity index is 1.82. The maximum absolute atomic E-state index is 12.8. The van der Waals surface area contributed by atoms with E-state index in [-0.39, 0.29) is 51.9 Å². The van der Waals surface area contributed by atoms with Crippen LogP contribution in [0.4, 0.5) is 10.8 Å². The van der Waals surface area contributed by atoms with Crippen LogP contribution in [-0.4, -0.2) is 60.5 Å². The lowest BCUT2D eigenvalue weighted by molar-refractivity contribution is -0.384. The maximum atomic E-state index is 12.8. The van der Waals surface area contributed by atoms with Crippen LogP contribution in [0, 0.1) is 10.1 Å². The number of carbonyl (C=O) groups excluding carboxylic acids is 1. The molecule has 0 atom stereocenters. The van der Waals surface area contributed by atoms with Crippen LogP contribution in [0.15, 0.2) is 41.3 Å². The third-order valence-electron chi connectivity index (χ3n) is 4.52. The first-order valence-corrected chi connectivity index (χ1v) is 12.7. The number of benzene rings is 2. The lowest BCUT2D eigenvalue weighted by atomic mass is 10.2. The van der Waals surface area contributed by atoms with E-state index < -0.39 is 20.9 Å². The monoisotopic (exact) mass is 532 g/mol. The number of non-ortho nitro benzene ring substituents is 1. The van der Waals surface area contributed by atoms with Gasteiger partial charge in [0.2, 0.25) is 10.0 Å². The van der Waals surface area contributed by atoms with Crippen LogP contribution in [0.1, 0.15) is 10.4 Å². The fraction of sp³-hybridized carbons (Fsp3) is 0.263. The number of thiazole rings is 1. The van der Waals surface area contributed by atoms with Crippen LogP contribution >= 0.6 is 34.5 Å². The van der Waals surface area contributed by atoms with Gasteiger partial charge in [0, 0.05) is 36.5 Å². The molecule has 3 rings (SSSR count). The Hall–Kier alpha value is -2.51. The smallest absolute Gasteiger partial charge is 0.274 e. The molecule has 0 spiro atoms. The number of hydrogen-bond donors (Lipinski definition) is 1. The van der Waals surface area contributed by atoms with E-state index >= 15 is 0 Å². The van der Waals surface area contributed by atoms with Gasteiger partial charge in [-0.25, -0.2) is 13.4 Å². The average molecular weight is 533 g/mol. The van der Waals surface area contributed by atoms with Gasteiger partial charge in [0.05, 0.1) is 27.7 Å². The largest absolute Gasteiger partial charge is 0.494 e. The summed E-state index contributed by atoms with van der Waals surface area (Å²) in [7, 11) is -2.44. The van der Waals surface area contributed by atoms with Gasteiger partial charge in [-0.2, -0.15) is 4.31 Å². The molecular formula is C19H18Cl2N4O6S2. The normalized spacial score (nSPS) is 11.6. The SMILES string of the molecule is COc1cc([N+](=O)[O-])cc2sc(NC(=O)c3ccc(S(=O)(=O)N(CCCl)CCCl)cc3)nc12. The summed E-state index contributed by atoms with van der Waals surface area (Å²) < 4.78 is 32.3. The molecule has 0 saturated carbocycles. The van der Waals surface area contributed by atoms with E-state index in [9.17, 15) is 23.3 Å². The summed E-state index contributed by atoms with van der Waals surface area (Å²) in [6.07, 6.45) is 0. The number of fused-ring (bicyclic) bond motifs is 1. The van der Waals surface area contributed by atoms with Crippen LogP contribution in [0.5, 0.6) is 5.75 Å². The van der Waals surface area contributed by atoms with Gasteiger partial charge in [0.25, 0.3) is 11.6 Å². The molecule has 0 saturated heterocycles. The molecule has 0 aliphatic carbocycles. The number of carbonyl (C=O) groups is 1. The number of rotatable bonds is 10. The number of amides is 1. The fourth-order valence-corrected chi connectivity index (χ4v) is 5.90. The number of methoxy groups -OCH3 is 1. The highest BCUT2D eigenvalue weighted by atomic mass is 35.5. The number of ether oxygens (including phenoxy) is 1. The number of hydrogen-bond acceptors (Lipinski definition) is 8. The number of nitro groups is 1. The molecule has 1 aromatic heterocycles. The van der Waals surface area contributed by atoms with Gasteiger partial charge in [0.15, 0.2) is 10.9 Å². The Morgan fingerprint density at radius 1 is 1.21 bits per heavy atom. The molecule has 0 fully saturated rings. The van der Waals surface area contributed by atoms with Crippen LogP contribution in [0.2, 0.25) is 0 Å². The van der Waals surface area contributed by atoms with Crippen LogP contribution in [-0.2, 0) is 10.0 Å². The lowest BCUT2D eigenvalue weighted by Crippen LogP contribution is -2.34. The number of sulfonamides is 1. The number of aromatic nitrogens is 1. The van der Waals surface area contributed by atoms with E-state index in [4.69, 9.17) is 27.9 Å². The van der Waals surface area contributed by atoms with Gasteiger partial charge >= 0.3 is 0 Å². The standard InChI is InChI=1S/C19H18Cl2N4O6S2/c1-31-15-10-13(25(27)28)11-16-17(15)22-19(32-16)23-18(26)12-2-4-14(5-3-12)33(29,30)24(8-6-20)9-7-21/h2-5,10-11H,6-9H2,1H3,(H,22,23,26). The highest BCUT2D eigenvalue weighted by Gasteiger charge is 2.24.